The first-order chi connectivity index (χ1) is 15.8. The van der Waals surface area contributed by atoms with E-state index in [1.54, 1.807) is 12.4 Å². The molecule has 3 aromatic rings. The second-order valence-electron chi connectivity index (χ2n) is 8.56. The van der Waals surface area contributed by atoms with E-state index in [1.807, 2.05) is 12.1 Å². The van der Waals surface area contributed by atoms with Gasteiger partial charge < -0.3 is 10.6 Å². The van der Waals surface area contributed by atoms with E-state index in [-0.39, 0.29) is 5.91 Å². The van der Waals surface area contributed by atoms with Crippen LogP contribution in [0.5, 0.6) is 0 Å². The van der Waals surface area contributed by atoms with Crippen molar-refractivity contribution in [2.24, 2.45) is 5.92 Å². The van der Waals surface area contributed by atoms with Gasteiger partial charge in [0.05, 0.1) is 0 Å². The molecule has 0 bridgehead atoms. The Kier molecular flexibility index (Phi) is 6.07. The highest BCUT2D eigenvalue weighted by molar-refractivity contribution is 5.96. The van der Waals surface area contributed by atoms with Gasteiger partial charge in [0.15, 0.2) is 5.82 Å². The number of nitrogens with zero attached hydrogens (tertiary/aromatic N) is 4. The van der Waals surface area contributed by atoms with Gasteiger partial charge in [0.25, 0.3) is 5.91 Å². The van der Waals surface area contributed by atoms with Crippen LogP contribution in [0.25, 0.3) is 11.4 Å². The van der Waals surface area contributed by atoms with E-state index in [1.165, 1.54) is 12.0 Å². The van der Waals surface area contributed by atoms with Gasteiger partial charge in [0, 0.05) is 49.7 Å². The molecule has 0 aliphatic carbocycles. The molecule has 2 aliphatic heterocycles. The molecule has 32 heavy (non-hydrogen) atoms. The summed E-state index contributed by atoms with van der Waals surface area (Å²) in [5.74, 6) is 1.85. The van der Waals surface area contributed by atoms with E-state index in [0.29, 0.717) is 24.0 Å². The van der Waals surface area contributed by atoms with Gasteiger partial charge in [-0.3, -0.25) is 14.7 Å². The van der Waals surface area contributed by atoms with Crippen LogP contribution >= 0.6 is 0 Å². The van der Waals surface area contributed by atoms with Crippen molar-refractivity contribution in [1.82, 2.24) is 25.2 Å². The number of likely N-dealkylation sites (tertiary alicyclic amines) is 1. The average Bonchev–Trinajstić information content (AvgIpc) is 3.28. The quantitative estimate of drug-likeness (QED) is 0.602. The zero-order valence-corrected chi connectivity index (χ0v) is 18.1. The highest BCUT2D eigenvalue weighted by Crippen LogP contribution is 2.26. The number of fused-ring (bicyclic) bond motifs is 1. The Morgan fingerprint density at radius 3 is 2.88 bits per heavy atom. The SMILES string of the molecule is O=C1NCCc2c(NCCC3CCN(Cc4ccccc4)C3)nc(-c3cccnc3)nc21. The van der Waals surface area contributed by atoms with Crippen molar-refractivity contribution in [2.75, 3.05) is 31.5 Å². The molecule has 0 spiro atoms. The maximum absolute atomic E-state index is 12.4. The zero-order valence-electron chi connectivity index (χ0n) is 18.1. The van der Waals surface area contributed by atoms with Crippen molar-refractivity contribution in [3.8, 4) is 11.4 Å². The number of carbonyl (C=O) groups excluding carboxylic acids is 1. The molecule has 7 nitrogen and oxygen atoms in total. The van der Waals surface area contributed by atoms with Crippen LogP contribution in [0.2, 0.25) is 0 Å². The Morgan fingerprint density at radius 2 is 2.03 bits per heavy atom. The molecule has 1 aromatic carbocycles. The number of nitrogens with one attached hydrogen (secondary N) is 2. The van der Waals surface area contributed by atoms with Crippen LogP contribution in [-0.2, 0) is 13.0 Å². The lowest BCUT2D eigenvalue weighted by atomic mass is 10.0. The van der Waals surface area contributed by atoms with Crippen molar-refractivity contribution in [3.05, 3.63) is 71.7 Å². The smallest absolute Gasteiger partial charge is 0.270 e. The van der Waals surface area contributed by atoms with Crippen molar-refractivity contribution in [2.45, 2.75) is 25.8 Å². The fraction of sp³-hybridized carbons (Fsp3) is 0.360. The molecule has 164 valence electrons. The maximum atomic E-state index is 12.4. The monoisotopic (exact) mass is 428 g/mol. The van der Waals surface area contributed by atoms with E-state index in [2.05, 4.69) is 55.8 Å². The number of anilines is 1. The molecule has 1 unspecified atom stereocenters. The van der Waals surface area contributed by atoms with Crippen LogP contribution in [0.3, 0.4) is 0 Å². The molecule has 4 heterocycles. The van der Waals surface area contributed by atoms with Gasteiger partial charge in [-0.2, -0.15) is 0 Å². The molecule has 7 heteroatoms. The van der Waals surface area contributed by atoms with Crippen LogP contribution in [0.1, 0.15) is 34.5 Å². The summed E-state index contributed by atoms with van der Waals surface area (Å²) in [6, 6.07) is 14.4. The van der Waals surface area contributed by atoms with E-state index in [4.69, 9.17) is 4.98 Å². The molecule has 2 aromatic heterocycles. The average molecular weight is 429 g/mol. The number of hydrogen-bond acceptors (Lipinski definition) is 6. The minimum absolute atomic E-state index is 0.130. The highest BCUT2D eigenvalue weighted by Gasteiger charge is 2.25. The van der Waals surface area contributed by atoms with Crippen molar-refractivity contribution < 1.29 is 4.79 Å². The molecular weight excluding hydrogens is 400 g/mol. The number of aromatic nitrogens is 3. The fourth-order valence-corrected chi connectivity index (χ4v) is 4.59. The number of pyridine rings is 1. The third-order valence-electron chi connectivity index (χ3n) is 6.27. The minimum atomic E-state index is -0.130. The molecule has 2 N–H and O–H groups in total. The van der Waals surface area contributed by atoms with Gasteiger partial charge >= 0.3 is 0 Å². The number of benzene rings is 1. The predicted octanol–water partition coefficient (Wildman–Crippen LogP) is 3.15. The van der Waals surface area contributed by atoms with E-state index >= 15 is 0 Å². The number of hydrogen-bond donors (Lipinski definition) is 2. The third-order valence-corrected chi connectivity index (χ3v) is 6.27. The molecule has 2 aliphatic rings. The molecule has 0 radical (unpaired) electrons. The molecule has 1 amide bonds. The second kappa shape index (κ2) is 9.44. The summed E-state index contributed by atoms with van der Waals surface area (Å²) in [7, 11) is 0. The van der Waals surface area contributed by atoms with Crippen LogP contribution in [0.4, 0.5) is 5.82 Å². The zero-order chi connectivity index (χ0) is 21.8. The van der Waals surface area contributed by atoms with Crippen LogP contribution in [-0.4, -0.2) is 51.9 Å². The Balaban J connectivity index is 1.24. The molecule has 5 rings (SSSR count). The fourth-order valence-electron chi connectivity index (χ4n) is 4.59. The van der Waals surface area contributed by atoms with Gasteiger partial charge in [0.1, 0.15) is 11.5 Å². The Morgan fingerprint density at radius 1 is 1.12 bits per heavy atom. The molecule has 1 saturated heterocycles. The summed E-state index contributed by atoms with van der Waals surface area (Å²) in [5.41, 5.74) is 3.57. The van der Waals surface area contributed by atoms with Gasteiger partial charge in [-0.15, -0.1) is 0 Å². The normalized spacial score (nSPS) is 18.2. The lowest BCUT2D eigenvalue weighted by Crippen LogP contribution is -2.34. The van der Waals surface area contributed by atoms with Crippen molar-refractivity contribution in [3.63, 3.8) is 0 Å². The summed E-state index contributed by atoms with van der Waals surface area (Å²) in [5, 5.41) is 6.42. The molecule has 1 fully saturated rings. The first-order valence-corrected chi connectivity index (χ1v) is 11.4. The molecule has 0 saturated carbocycles. The van der Waals surface area contributed by atoms with Crippen molar-refractivity contribution >= 4 is 11.7 Å². The molecular formula is C25H28N6O. The number of amides is 1. The van der Waals surface area contributed by atoms with E-state index in [0.717, 1.165) is 56.0 Å². The minimum Gasteiger partial charge on any atom is -0.370 e. The second-order valence-corrected chi connectivity index (χ2v) is 8.56. The first-order valence-electron chi connectivity index (χ1n) is 11.4. The standard InChI is InChI=1S/C25H28N6O/c32-25-22-21(9-13-28-25)24(30-23(29-22)20-7-4-11-26-15-20)27-12-8-19-10-14-31(17-19)16-18-5-2-1-3-6-18/h1-7,11,15,19H,8-10,12-14,16-17H2,(H,28,32)(H,27,29,30). The van der Waals surface area contributed by atoms with E-state index in [9.17, 15) is 4.79 Å². The summed E-state index contributed by atoms with van der Waals surface area (Å²) in [6.07, 6.45) is 6.49. The Bertz CT molecular complexity index is 1070. The number of carbonyl (C=O) groups is 1. The van der Waals surface area contributed by atoms with E-state index < -0.39 is 0 Å². The van der Waals surface area contributed by atoms with Crippen molar-refractivity contribution in [1.29, 1.82) is 0 Å². The first kappa shape index (κ1) is 20.6. The highest BCUT2D eigenvalue weighted by atomic mass is 16.1. The Labute approximate surface area is 188 Å². The largest absolute Gasteiger partial charge is 0.370 e. The Hall–Kier alpha value is -3.32. The molecule has 1 atom stereocenters. The van der Waals surface area contributed by atoms with Crippen LogP contribution in [0, 0.1) is 5.92 Å². The van der Waals surface area contributed by atoms with Gasteiger partial charge in [-0.05, 0) is 49.4 Å². The van der Waals surface area contributed by atoms with Crippen LogP contribution in [0.15, 0.2) is 54.9 Å². The lowest BCUT2D eigenvalue weighted by Gasteiger charge is -2.21. The third kappa shape index (κ3) is 4.62. The summed E-state index contributed by atoms with van der Waals surface area (Å²) in [6.45, 7) is 4.75. The van der Waals surface area contributed by atoms with Gasteiger partial charge in [-0.25, -0.2) is 9.97 Å². The number of rotatable bonds is 7. The summed E-state index contributed by atoms with van der Waals surface area (Å²) < 4.78 is 0. The summed E-state index contributed by atoms with van der Waals surface area (Å²) >= 11 is 0. The topological polar surface area (TPSA) is 83.0 Å². The van der Waals surface area contributed by atoms with Crippen LogP contribution < -0.4 is 10.6 Å². The lowest BCUT2D eigenvalue weighted by molar-refractivity contribution is 0.0940. The van der Waals surface area contributed by atoms with Gasteiger partial charge in [0.2, 0.25) is 0 Å². The maximum Gasteiger partial charge on any atom is 0.270 e. The predicted molar refractivity (Wildman–Crippen MR) is 124 cm³/mol. The van der Waals surface area contributed by atoms with Gasteiger partial charge in [-0.1, -0.05) is 30.3 Å². The summed E-state index contributed by atoms with van der Waals surface area (Å²) in [4.78, 5) is 28.5.